The molecule has 1 aromatic heterocycles. The first kappa shape index (κ1) is 21.6. The first-order chi connectivity index (χ1) is 14.4. The molecule has 0 spiro atoms. The number of hydrogen-bond donors (Lipinski definition) is 2. The summed E-state index contributed by atoms with van der Waals surface area (Å²) in [4.78, 5) is 26.7. The van der Waals surface area contributed by atoms with Gasteiger partial charge in [0, 0.05) is 12.1 Å². The number of thioether (sulfide) groups is 1. The SMILES string of the molecule is CCc1ccc(OCc2nc(SCC(=O)Nc3cc([N+](=O)[O-])ccc3Cl)n[nH]2)cc1. The van der Waals surface area contributed by atoms with E-state index in [0.29, 0.717) is 11.0 Å². The average molecular weight is 448 g/mol. The fourth-order valence-electron chi connectivity index (χ4n) is 2.42. The van der Waals surface area contributed by atoms with Crippen molar-refractivity contribution >= 4 is 40.6 Å². The average Bonchev–Trinajstić information content (AvgIpc) is 3.20. The predicted octanol–water partition coefficient (Wildman–Crippen LogP) is 4.24. The second-order valence-corrected chi connectivity index (χ2v) is 7.46. The molecular formula is C19H18ClN5O4S. The quantitative estimate of drug-likeness (QED) is 0.285. The molecule has 1 heterocycles. The number of nitrogens with zero attached hydrogens (tertiary/aromatic N) is 3. The summed E-state index contributed by atoms with van der Waals surface area (Å²) in [5, 5.41) is 20.8. The molecule has 2 N–H and O–H groups in total. The normalized spacial score (nSPS) is 10.6. The second-order valence-electron chi connectivity index (χ2n) is 6.11. The van der Waals surface area contributed by atoms with Crippen LogP contribution >= 0.6 is 23.4 Å². The number of nitro benzene ring substituents is 1. The lowest BCUT2D eigenvalue weighted by Crippen LogP contribution is -2.14. The van der Waals surface area contributed by atoms with Gasteiger partial charge in [0.1, 0.15) is 12.4 Å². The number of benzene rings is 2. The molecule has 30 heavy (non-hydrogen) atoms. The van der Waals surface area contributed by atoms with E-state index in [-0.39, 0.29) is 34.7 Å². The van der Waals surface area contributed by atoms with Gasteiger partial charge in [0.15, 0.2) is 5.82 Å². The number of nitrogens with one attached hydrogen (secondary N) is 2. The Hall–Kier alpha value is -3.11. The van der Waals surface area contributed by atoms with Gasteiger partial charge in [0.05, 0.1) is 21.4 Å². The molecule has 156 valence electrons. The minimum Gasteiger partial charge on any atom is -0.486 e. The summed E-state index contributed by atoms with van der Waals surface area (Å²) in [6.45, 7) is 2.30. The molecule has 3 rings (SSSR count). The van der Waals surface area contributed by atoms with Gasteiger partial charge in [-0.25, -0.2) is 4.98 Å². The van der Waals surface area contributed by atoms with Gasteiger partial charge < -0.3 is 10.1 Å². The van der Waals surface area contributed by atoms with Gasteiger partial charge in [-0.1, -0.05) is 42.4 Å². The van der Waals surface area contributed by atoms with Gasteiger partial charge in [-0.3, -0.25) is 20.0 Å². The van der Waals surface area contributed by atoms with Crippen LogP contribution in [0.1, 0.15) is 18.3 Å². The van der Waals surface area contributed by atoms with Crippen LogP contribution in [0.3, 0.4) is 0 Å². The number of carbonyl (C=O) groups is 1. The second kappa shape index (κ2) is 10.1. The monoisotopic (exact) mass is 447 g/mol. The van der Waals surface area contributed by atoms with Crippen LogP contribution in [0, 0.1) is 10.1 Å². The molecule has 0 aliphatic heterocycles. The van der Waals surface area contributed by atoms with Crippen LogP contribution in [0.4, 0.5) is 11.4 Å². The molecule has 0 fully saturated rings. The molecule has 3 aromatic rings. The predicted molar refractivity (Wildman–Crippen MR) is 114 cm³/mol. The standard InChI is InChI=1S/C19H18ClN5O4S/c1-2-12-3-6-14(7-4-12)29-10-17-22-19(24-23-17)30-11-18(26)21-16-9-13(25(27)28)5-8-15(16)20/h3-9H,2,10-11H2,1H3,(H,21,26)(H,22,23,24). The number of ether oxygens (including phenoxy) is 1. The van der Waals surface area contributed by atoms with Gasteiger partial charge in [-0.2, -0.15) is 0 Å². The Balaban J connectivity index is 1.49. The third kappa shape index (κ3) is 5.94. The van der Waals surface area contributed by atoms with Crippen molar-refractivity contribution in [2.45, 2.75) is 25.1 Å². The Bertz CT molecular complexity index is 1040. The maximum Gasteiger partial charge on any atom is 0.271 e. The number of anilines is 1. The van der Waals surface area contributed by atoms with E-state index in [1.54, 1.807) is 0 Å². The van der Waals surface area contributed by atoms with Crippen LogP contribution in [-0.2, 0) is 17.8 Å². The molecule has 0 aliphatic carbocycles. The molecule has 0 saturated heterocycles. The first-order valence-electron chi connectivity index (χ1n) is 8.94. The van der Waals surface area contributed by atoms with Crippen molar-refractivity contribution < 1.29 is 14.5 Å². The summed E-state index contributed by atoms with van der Waals surface area (Å²) in [7, 11) is 0. The Labute approximate surface area is 181 Å². The fraction of sp³-hybridized carbons (Fsp3) is 0.211. The van der Waals surface area contributed by atoms with Crippen molar-refractivity contribution in [2.75, 3.05) is 11.1 Å². The zero-order valence-electron chi connectivity index (χ0n) is 15.9. The highest BCUT2D eigenvalue weighted by Crippen LogP contribution is 2.27. The number of hydrogen-bond acceptors (Lipinski definition) is 7. The highest BCUT2D eigenvalue weighted by Gasteiger charge is 2.13. The minimum absolute atomic E-state index is 0.00957. The molecule has 0 unspecified atom stereocenters. The van der Waals surface area contributed by atoms with E-state index < -0.39 is 4.92 Å². The molecule has 0 atom stereocenters. The highest BCUT2D eigenvalue weighted by atomic mass is 35.5. The number of aromatic nitrogens is 3. The highest BCUT2D eigenvalue weighted by molar-refractivity contribution is 7.99. The Morgan fingerprint density at radius 2 is 2.07 bits per heavy atom. The van der Waals surface area contributed by atoms with Crippen LogP contribution in [0.25, 0.3) is 0 Å². The third-order valence-electron chi connectivity index (χ3n) is 3.99. The molecule has 2 aromatic carbocycles. The van der Waals surface area contributed by atoms with Crippen molar-refractivity contribution in [3.05, 3.63) is 69.0 Å². The van der Waals surface area contributed by atoms with Crippen LogP contribution < -0.4 is 10.1 Å². The number of halogens is 1. The Kier molecular flexibility index (Phi) is 7.26. The van der Waals surface area contributed by atoms with Crippen molar-refractivity contribution in [3.8, 4) is 5.75 Å². The van der Waals surface area contributed by atoms with E-state index in [2.05, 4.69) is 27.4 Å². The molecular weight excluding hydrogens is 430 g/mol. The summed E-state index contributed by atoms with van der Waals surface area (Å²) in [6, 6.07) is 11.6. The molecule has 1 amide bonds. The number of aryl methyl sites for hydroxylation is 1. The van der Waals surface area contributed by atoms with Crippen molar-refractivity contribution in [1.82, 2.24) is 15.2 Å². The smallest absolute Gasteiger partial charge is 0.271 e. The molecule has 9 nitrogen and oxygen atoms in total. The lowest BCUT2D eigenvalue weighted by molar-refractivity contribution is -0.384. The topological polar surface area (TPSA) is 123 Å². The summed E-state index contributed by atoms with van der Waals surface area (Å²) in [6.07, 6.45) is 0.962. The Morgan fingerprint density at radius 3 is 2.77 bits per heavy atom. The zero-order valence-corrected chi connectivity index (χ0v) is 17.5. The van der Waals surface area contributed by atoms with E-state index in [9.17, 15) is 14.9 Å². The van der Waals surface area contributed by atoms with Gasteiger partial charge in [0.25, 0.3) is 5.69 Å². The molecule has 11 heteroatoms. The number of rotatable bonds is 9. The van der Waals surface area contributed by atoms with Gasteiger partial charge in [-0.15, -0.1) is 5.10 Å². The number of aromatic amines is 1. The van der Waals surface area contributed by atoms with Crippen LogP contribution in [0.5, 0.6) is 5.75 Å². The van der Waals surface area contributed by atoms with Crippen molar-refractivity contribution in [2.24, 2.45) is 0 Å². The van der Waals surface area contributed by atoms with E-state index >= 15 is 0 Å². The molecule has 0 aliphatic rings. The summed E-state index contributed by atoms with van der Waals surface area (Å²) in [5.74, 6) is 0.876. The van der Waals surface area contributed by atoms with Gasteiger partial charge >= 0.3 is 0 Å². The maximum absolute atomic E-state index is 12.1. The Morgan fingerprint density at radius 1 is 1.30 bits per heavy atom. The maximum atomic E-state index is 12.1. The van der Waals surface area contributed by atoms with Crippen LogP contribution in [0.15, 0.2) is 47.6 Å². The number of non-ortho nitro benzene ring substituents is 1. The molecule has 0 bridgehead atoms. The van der Waals surface area contributed by atoms with E-state index in [0.717, 1.165) is 23.9 Å². The number of amides is 1. The largest absolute Gasteiger partial charge is 0.486 e. The van der Waals surface area contributed by atoms with Crippen LogP contribution in [0.2, 0.25) is 5.02 Å². The van der Waals surface area contributed by atoms with E-state index in [1.807, 2.05) is 24.3 Å². The van der Waals surface area contributed by atoms with Crippen molar-refractivity contribution in [3.63, 3.8) is 0 Å². The van der Waals surface area contributed by atoms with E-state index in [4.69, 9.17) is 16.3 Å². The summed E-state index contributed by atoms with van der Waals surface area (Å²) in [5.41, 5.74) is 1.24. The zero-order chi connectivity index (χ0) is 21.5. The number of H-pyrrole nitrogens is 1. The van der Waals surface area contributed by atoms with E-state index in [1.165, 1.54) is 23.8 Å². The first-order valence-corrected chi connectivity index (χ1v) is 10.3. The lowest BCUT2D eigenvalue weighted by atomic mass is 10.2. The minimum atomic E-state index is -0.559. The van der Waals surface area contributed by atoms with Gasteiger partial charge in [0.2, 0.25) is 11.1 Å². The number of nitro groups is 1. The van der Waals surface area contributed by atoms with Gasteiger partial charge in [-0.05, 0) is 30.2 Å². The molecule has 0 saturated carbocycles. The summed E-state index contributed by atoms with van der Waals surface area (Å²) < 4.78 is 5.66. The van der Waals surface area contributed by atoms with Crippen LogP contribution in [-0.4, -0.2) is 31.8 Å². The van der Waals surface area contributed by atoms with Crippen molar-refractivity contribution in [1.29, 1.82) is 0 Å². The molecule has 0 radical (unpaired) electrons. The lowest BCUT2D eigenvalue weighted by Gasteiger charge is -2.06. The summed E-state index contributed by atoms with van der Waals surface area (Å²) >= 11 is 7.09. The number of carbonyl (C=O) groups excluding carboxylic acids is 1. The third-order valence-corrected chi connectivity index (χ3v) is 5.16. The fourth-order valence-corrected chi connectivity index (χ4v) is 3.20.